The summed E-state index contributed by atoms with van der Waals surface area (Å²) in [6.07, 6.45) is 0. The van der Waals surface area contributed by atoms with E-state index in [-0.39, 0.29) is 10.7 Å². The van der Waals surface area contributed by atoms with Crippen LogP contribution in [0.3, 0.4) is 0 Å². The number of benzene rings is 4. The number of para-hydroxylation sites is 1. The number of aromatic nitrogens is 1. The van der Waals surface area contributed by atoms with E-state index in [0.717, 1.165) is 27.6 Å². The molecule has 0 unspecified atom stereocenters. The molecule has 5 aromatic rings. The van der Waals surface area contributed by atoms with Crippen molar-refractivity contribution in [2.45, 2.75) is 11.8 Å². The zero-order chi connectivity index (χ0) is 22.3. The predicted molar refractivity (Wildman–Crippen MR) is 127 cm³/mol. The van der Waals surface area contributed by atoms with E-state index in [2.05, 4.69) is 0 Å². The molecule has 0 bridgehead atoms. The molecule has 158 valence electrons. The highest BCUT2D eigenvalue weighted by Crippen LogP contribution is 2.42. The van der Waals surface area contributed by atoms with Crippen molar-refractivity contribution in [3.8, 4) is 22.4 Å². The molecule has 3 nitrogen and oxygen atoms in total. The molecular formula is C27H20FNO2S. The molecule has 0 aliphatic heterocycles. The van der Waals surface area contributed by atoms with Crippen LogP contribution in [0.4, 0.5) is 4.39 Å². The maximum Gasteiger partial charge on any atom is 0.268 e. The Kier molecular flexibility index (Phi) is 4.91. The standard InChI is InChI=1S/C27H20FNO2S/c1-19-11-17-23(18-12-19)32(30,31)29-25-10-6-5-9-24(25)26(20-13-15-22(28)16-14-20)27(29)21-7-3-2-4-8-21/h2-18H,1H3. The number of hydrogen-bond donors (Lipinski definition) is 0. The van der Waals surface area contributed by atoms with Gasteiger partial charge in [0, 0.05) is 10.9 Å². The predicted octanol–water partition coefficient (Wildman–Crippen LogP) is 6.66. The number of hydrogen-bond acceptors (Lipinski definition) is 2. The van der Waals surface area contributed by atoms with Gasteiger partial charge in [-0.05, 0) is 48.4 Å². The maximum absolute atomic E-state index is 14.0. The van der Waals surface area contributed by atoms with Crippen molar-refractivity contribution in [1.29, 1.82) is 0 Å². The second-order valence-corrected chi connectivity index (χ2v) is 9.48. The Bertz CT molecular complexity index is 1520. The average Bonchev–Trinajstić information content (AvgIpc) is 3.16. The van der Waals surface area contributed by atoms with Gasteiger partial charge in [-0.25, -0.2) is 16.8 Å². The molecule has 0 radical (unpaired) electrons. The van der Waals surface area contributed by atoms with Crippen LogP contribution in [-0.2, 0) is 10.0 Å². The highest BCUT2D eigenvalue weighted by atomic mass is 32.2. The third-order valence-corrected chi connectivity index (χ3v) is 7.30. The first-order valence-electron chi connectivity index (χ1n) is 10.2. The Morgan fingerprint density at radius 3 is 2.00 bits per heavy atom. The fraction of sp³-hybridized carbons (Fsp3) is 0.0370. The molecular weight excluding hydrogens is 421 g/mol. The first-order valence-corrected chi connectivity index (χ1v) is 11.7. The fourth-order valence-corrected chi connectivity index (χ4v) is 5.59. The number of rotatable bonds is 4. The summed E-state index contributed by atoms with van der Waals surface area (Å²) in [5.74, 6) is -0.342. The van der Waals surface area contributed by atoms with Crippen LogP contribution in [0.15, 0.2) is 108 Å². The molecule has 32 heavy (non-hydrogen) atoms. The minimum absolute atomic E-state index is 0.215. The van der Waals surface area contributed by atoms with Gasteiger partial charge in [-0.1, -0.05) is 78.4 Å². The van der Waals surface area contributed by atoms with Gasteiger partial charge in [0.2, 0.25) is 0 Å². The second kappa shape index (κ2) is 7.77. The van der Waals surface area contributed by atoms with E-state index in [1.54, 1.807) is 42.5 Å². The van der Waals surface area contributed by atoms with Gasteiger partial charge >= 0.3 is 0 Å². The van der Waals surface area contributed by atoms with Crippen molar-refractivity contribution in [1.82, 2.24) is 3.97 Å². The molecule has 0 aliphatic rings. The highest BCUT2D eigenvalue weighted by Gasteiger charge is 2.28. The summed E-state index contributed by atoms with van der Waals surface area (Å²) in [5, 5.41) is 0.786. The van der Waals surface area contributed by atoms with Crippen LogP contribution >= 0.6 is 0 Å². The molecule has 5 heteroatoms. The van der Waals surface area contributed by atoms with Crippen molar-refractivity contribution in [3.63, 3.8) is 0 Å². The summed E-state index contributed by atoms with van der Waals surface area (Å²) >= 11 is 0. The minimum atomic E-state index is -3.91. The molecule has 1 heterocycles. The summed E-state index contributed by atoms with van der Waals surface area (Å²) in [4.78, 5) is 0.215. The molecule has 0 spiro atoms. The van der Waals surface area contributed by atoms with Crippen LogP contribution in [0.1, 0.15) is 5.56 Å². The molecule has 0 N–H and O–H groups in total. The molecule has 0 amide bonds. The summed E-state index contributed by atoms with van der Waals surface area (Å²) in [6, 6.07) is 29.9. The lowest BCUT2D eigenvalue weighted by Crippen LogP contribution is -2.14. The third-order valence-electron chi connectivity index (χ3n) is 5.57. The summed E-state index contributed by atoms with van der Waals surface area (Å²) in [7, 11) is -3.91. The maximum atomic E-state index is 14.0. The Morgan fingerprint density at radius 2 is 1.31 bits per heavy atom. The first-order chi connectivity index (χ1) is 15.5. The second-order valence-electron chi connectivity index (χ2n) is 7.70. The van der Waals surface area contributed by atoms with Crippen molar-refractivity contribution in [2.24, 2.45) is 0 Å². The van der Waals surface area contributed by atoms with Gasteiger partial charge in [0.1, 0.15) is 5.82 Å². The zero-order valence-electron chi connectivity index (χ0n) is 17.4. The summed E-state index contributed by atoms with van der Waals surface area (Å²) in [5.41, 5.74) is 4.38. The van der Waals surface area contributed by atoms with E-state index >= 15 is 0 Å². The first kappa shape index (κ1) is 20.2. The molecule has 0 saturated heterocycles. The Labute approximate surface area is 186 Å². The minimum Gasteiger partial charge on any atom is -0.233 e. The van der Waals surface area contributed by atoms with Crippen LogP contribution in [0.2, 0.25) is 0 Å². The smallest absolute Gasteiger partial charge is 0.233 e. The topological polar surface area (TPSA) is 39.1 Å². The van der Waals surface area contributed by atoms with Crippen LogP contribution in [0.5, 0.6) is 0 Å². The normalized spacial score (nSPS) is 11.7. The molecule has 0 saturated carbocycles. The van der Waals surface area contributed by atoms with E-state index in [4.69, 9.17) is 0 Å². The summed E-state index contributed by atoms with van der Waals surface area (Å²) < 4.78 is 43.0. The van der Waals surface area contributed by atoms with Crippen molar-refractivity contribution in [2.75, 3.05) is 0 Å². The number of fused-ring (bicyclic) bond motifs is 1. The molecule has 0 atom stereocenters. The lowest BCUT2D eigenvalue weighted by molar-refractivity contribution is 0.589. The zero-order valence-corrected chi connectivity index (χ0v) is 18.2. The quantitative estimate of drug-likeness (QED) is 0.313. The van der Waals surface area contributed by atoms with Crippen molar-refractivity contribution >= 4 is 20.9 Å². The van der Waals surface area contributed by atoms with Crippen LogP contribution in [0, 0.1) is 12.7 Å². The van der Waals surface area contributed by atoms with E-state index < -0.39 is 10.0 Å². The number of nitrogens with zero attached hydrogens (tertiary/aromatic N) is 1. The fourth-order valence-electron chi connectivity index (χ4n) is 4.04. The van der Waals surface area contributed by atoms with E-state index in [0.29, 0.717) is 11.2 Å². The van der Waals surface area contributed by atoms with Crippen LogP contribution in [-0.4, -0.2) is 12.4 Å². The van der Waals surface area contributed by atoms with Crippen molar-refractivity contribution < 1.29 is 12.8 Å². The van der Waals surface area contributed by atoms with Gasteiger partial charge in [-0.3, -0.25) is 0 Å². The van der Waals surface area contributed by atoms with Gasteiger partial charge in [-0.15, -0.1) is 0 Å². The van der Waals surface area contributed by atoms with Gasteiger partial charge in [0.05, 0.1) is 16.1 Å². The highest BCUT2D eigenvalue weighted by molar-refractivity contribution is 7.90. The summed E-state index contributed by atoms with van der Waals surface area (Å²) in [6.45, 7) is 1.92. The molecule has 0 aliphatic carbocycles. The van der Waals surface area contributed by atoms with Crippen LogP contribution in [0.25, 0.3) is 33.3 Å². The Balaban J connectivity index is 1.93. The molecule has 0 fully saturated rings. The largest absolute Gasteiger partial charge is 0.268 e. The van der Waals surface area contributed by atoms with E-state index in [1.165, 1.54) is 16.1 Å². The lowest BCUT2D eigenvalue weighted by Gasteiger charge is -2.14. The van der Waals surface area contributed by atoms with Crippen LogP contribution < -0.4 is 0 Å². The Morgan fingerprint density at radius 1 is 0.688 bits per heavy atom. The van der Waals surface area contributed by atoms with Gasteiger partial charge in [0.15, 0.2) is 0 Å². The molecule has 1 aromatic heterocycles. The van der Waals surface area contributed by atoms with E-state index in [9.17, 15) is 12.8 Å². The van der Waals surface area contributed by atoms with Crippen molar-refractivity contribution in [3.05, 3.63) is 115 Å². The Hall–Kier alpha value is -3.70. The average molecular weight is 442 g/mol. The van der Waals surface area contributed by atoms with Gasteiger partial charge in [-0.2, -0.15) is 0 Å². The SMILES string of the molecule is Cc1ccc(S(=O)(=O)n2c(-c3ccccc3)c(-c3ccc(F)cc3)c3ccccc32)cc1. The number of aryl methyl sites for hydroxylation is 1. The number of halogens is 1. The molecule has 4 aromatic carbocycles. The molecule has 5 rings (SSSR count). The van der Waals surface area contributed by atoms with Gasteiger partial charge < -0.3 is 0 Å². The van der Waals surface area contributed by atoms with Gasteiger partial charge in [0.25, 0.3) is 10.0 Å². The monoisotopic (exact) mass is 441 g/mol. The van der Waals surface area contributed by atoms with E-state index in [1.807, 2.05) is 55.5 Å². The lowest BCUT2D eigenvalue weighted by atomic mass is 9.98. The third kappa shape index (κ3) is 3.31.